The fourth-order valence-corrected chi connectivity index (χ4v) is 6.53. The Labute approximate surface area is 169 Å². The molecule has 5 fully saturated rings. The van der Waals surface area contributed by atoms with Crippen LogP contribution in [0.25, 0.3) is 0 Å². The molecule has 0 amide bonds. The third-order valence-corrected chi connectivity index (χ3v) is 7.14. The fraction of sp³-hybridized carbons (Fsp3) is 0.952. The Morgan fingerprint density at radius 2 is 1.70 bits per heavy atom. The highest BCUT2D eigenvalue weighted by molar-refractivity contribution is 5.85. The van der Waals surface area contributed by atoms with Crippen LogP contribution in [-0.4, -0.2) is 63.0 Å². The Morgan fingerprint density at radius 3 is 2.26 bits per heavy atom. The lowest BCUT2D eigenvalue weighted by atomic mass is 9.49. The van der Waals surface area contributed by atoms with Gasteiger partial charge in [0.15, 0.2) is 0 Å². The standard InChI is InChI=1S/C21H35NO4.ClH/c1-16(23)26-20(14-22-3-6-24-7-4-22)15-25-5-2-21-11-17-8-18(12-21)10-19(9-17)13-21;/h17-20H,2-15H2,1H3;1H. The quantitative estimate of drug-likeness (QED) is 0.461. The average molecular weight is 402 g/mol. The normalized spacial score (nSPS) is 36.3. The van der Waals surface area contributed by atoms with Gasteiger partial charge in [-0.05, 0) is 68.1 Å². The van der Waals surface area contributed by atoms with Crippen LogP contribution in [0.4, 0.5) is 0 Å². The summed E-state index contributed by atoms with van der Waals surface area (Å²) in [4.78, 5) is 13.7. The second kappa shape index (κ2) is 9.43. The number of carbonyl (C=O) groups excluding carboxylic acids is 1. The van der Waals surface area contributed by atoms with E-state index in [1.165, 1.54) is 51.9 Å². The molecule has 1 atom stereocenters. The molecular weight excluding hydrogens is 366 g/mol. The molecule has 0 aromatic rings. The van der Waals surface area contributed by atoms with Crippen LogP contribution in [0.15, 0.2) is 0 Å². The summed E-state index contributed by atoms with van der Waals surface area (Å²) >= 11 is 0. The summed E-state index contributed by atoms with van der Waals surface area (Å²) in [6, 6.07) is 0. The van der Waals surface area contributed by atoms with Crippen molar-refractivity contribution in [3.8, 4) is 0 Å². The van der Waals surface area contributed by atoms with Crippen LogP contribution in [0.5, 0.6) is 0 Å². The lowest BCUT2D eigenvalue weighted by Gasteiger charge is -2.57. The number of hydrogen-bond donors (Lipinski definition) is 0. The number of esters is 1. The molecule has 4 saturated carbocycles. The summed E-state index contributed by atoms with van der Waals surface area (Å²) in [5.41, 5.74) is 0.565. The zero-order valence-corrected chi connectivity index (χ0v) is 17.5. The molecule has 5 nitrogen and oxygen atoms in total. The first-order valence-corrected chi connectivity index (χ1v) is 10.7. The fourth-order valence-electron chi connectivity index (χ4n) is 6.53. The van der Waals surface area contributed by atoms with Gasteiger partial charge in [0, 0.05) is 33.2 Å². The molecule has 1 heterocycles. The van der Waals surface area contributed by atoms with Gasteiger partial charge in [-0.15, -0.1) is 12.4 Å². The van der Waals surface area contributed by atoms with Gasteiger partial charge in [0.1, 0.15) is 6.10 Å². The first-order chi connectivity index (χ1) is 12.6. The molecular formula is C21H36ClNO4. The van der Waals surface area contributed by atoms with Gasteiger partial charge in [-0.1, -0.05) is 0 Å². The van der Waals surface area contributed by atoms with Gasteiger partial charge in [-0.3, -0.25) is 9.69 Å². The average Bonchev–Trinajstić information content (AvgIpc) is 2.58. The third-order valence-electron chi connectivity index (χ3n) is 7.14. The van der Waals surface area contributed by atoms with E-state index in [1.807, 2.05) is 0 Å². The van der Waals surface area contributed by atoms with Crippen LogP contribution in [0.1, 0.15) is 51.9 Å². The number of morpholine rings is 1. The summed E-state index contributed by atoms with van der Waals surface area (Å²) in [5, 5.41) is 0. The molecule has 4 bridgehead atoms. The summed E-state index contributed by atoms with van der Waals surface area (Å²) in [5.74, 6) is 2.78. The van der Waals surface area contributed by atoms with Crippen LogP contribution < -0.4 is 0 Å². The number of rotatable bonds is 8. The van der Waals surface area contributed by atoms with Gasteiger partial charge < -0.3 is 14.2 Å². The maximum absolute atomic E-state index is 11.4. The van der Waals surface area contributed by atoms with Crippen molar-refractivity contribution in [2.24, 2.45) is 23.2 Å². The van der Waals surface area contributed by atoms with E-state index in [0.29, 0.717) is 12.0 Å². The topological polar surface area (TPSA) is 48.0 Å². The van der Waals surface area contributed by atoms with Crippen molar-refractivity contribution in [2.45, 2.75) is 58.0 Å². The molecule has 1 saturated heterocycles. The number of nitrogens with zero attached hydrogens (tertiary/aromatic N) is 1. The Hall–Kier alpha value is -0.360. The van der Waals surface area contributed by atoms with Crippen molar-refractivity contribution in [3.05, 3.63) is 0 Å². The molecule has 0 N–H and O–H groups in total. The van der Waals surface area contributed by atoms with E-state index in [9.17, 15) is 4.79 Å². The summed E-state index contributed by atoms with van der Waals surface area (Å²) in [6.07, 6.45) is 9.82. The lowest BCUT2D eigenvalue weighted by Crippen LogP contribution is -2.46. The minimum Gasteiger partial charge on any atom is -0.459 e. The third kappa shape index (κ3) is 5.59. The van der Waals surface area contributed by atoms with Crippen LogP contribution in [0, 0.1) is 23.2 Å². The Morgan fingerprint density at radius 1 is 1.11 bits per heavy atom. The van der Waals surface area contributed by atoms with E-state index in [0.717, 1.165) is 57.2 Å². The molecule has 1 unspecified atom stereocenters. The molecule has 0 spiro atoms. The molecule has 0 aromatic heterocycles. The van der Waals surface area contributed by atoms with Gasteiger partial charge in [0.2, 0.25) is 0 Å². The highest BCUT2D eigenvalue weighted by atomic mass is 35.5. The molecule has 0 radical (unpaired) electrons. The zero-order chi connectivity index (χ0) is 18.0. The van der Waals surface area contributed by atoms with Crippen LogP contribution in [0.3, 0.4) is 0 Å². The molecule has 6 heteroatoms. The van der Waals surface area contributed by atoms with Crippen molar-refractivity contribution in [2.75, 3.05) is 46.1 Å². The largest absolute Gasteiger partial charge is 0.459 e. The van der Waals surface area contributed by atoms with Crippen molar-refractivity contribution in [1.29, 1.82) is 0 Å². The van der Waals surface area contributed by atoms with E-state index in [-0.39, 0.29) is 24.5 Å². The second-order valence-corrected chi connectivity index (χ2v) is 9.39. The highest BCUT2D eigenvalue weighted by Crippen LogP contribution is 2.61. The number of hydrogen-bond acceptors (Lipinski definition) is 5. The van der Waals surface area contributed by atoms with Crippen molar-refractivity contribution in [3.63, 3.8) is 0 Å². The lowest BCUT2D eigenvalue weighted by molar-refractivity contribution is -0.151. The SMILES string of the molecule is CC(=O)OC(COCCC12CC3CC(CC(C3)C1)C2)CN1CCOCC1.Cl. The summed E-state index contributed by atoms with van der Waals surface area (Å²) < 4.78 is 16.9. The first-order valence-electron chi connectivity index (χ1n) is 10.7. The van der Waals surface area contributed by atoms with Crippen molar-refractivity contribution >= 4 is 18.4 Å². The number of halogens is 1. The van der Waals surface area contributed by atoms with E-state index in [1.54, 1.807) is 0 Å². The Bertz CT molecular complexity index is 459. The summed E-state index contributed by atoms with van der Waals surface area (Å²) in [6.45, 7) is 6.91. The molecule has 4 aliphatic carbocycles. The van der Waals surface area contributed by atoms with Gasteiger partial charge in [0.05, 0.1) is 19.8 Å². The van der Waals surface area contributed by atoms with E-state index >= 15 is 0 Å². The predicted molar refractivity (Wildman–Crippen MR) is 106 cm³/mol. The number of carbonyl (C=O) groups is 1. The molecule has 27 heavy (non-hydrogen) atoms. The van der Waals surface area contributed by atoms with Crippen molar-refractivity contribution in [1.82, 2.24) is 4.90 Å². The number of ether oxygens (including phenoxy) is 3. The van der Waals surface area contributed by atoms with Crippen molar-refractivity contribution < 1.29 is 19.0 Å². The highest BCUT2D eigenvalue weighted by Gasteiger charge is 2.50. The van der Waals surface area contributed by atoms with Gasteiger partial charge in [0.25, 0.3) is 0 Å². The smallest absolute Gasteiger partial charge is 0.303 e. The minimum atomic E-state index is -0.215. The Balaban J connectivity index is 0.00000210. The molecule has 5 rings (SSSR count). The van der Waals surface area contributed by atoms with E-state index < -0.39 is 0 Å². The Kier molecular flexibility index (Phi) is 7.45. The predicted octanol–water partition coefficient (Wildman–Crippen LogP) is 3.30. The van der Waals surface area contributed by atoms with Crippen LogP contribution >= 0.6 is 12.4 Å². The first kappa shape index (κ1) is 21.4. The molecule has 0 aromatic carbocycles. The monoisotopic (exact) mass is 401 g/mol. The van der Waals surface area contributed by atoms with Crippen LogP contribution in [0.2, 0.25) is 0 Å². The van der Waals surface area contributed by atoms with Crippen LogP contribution in [-0.2, 0) is 19.0 Å². The maximum atomic E-state index is 11.4. The molecule has 1 aliphatic heterocycles. The zero-order valence-electron chi connectivity index (χ0n) is 16.7. The van der Waals surface area contributed by atoms with Gasteiger partial charge in [-0.25, -0.2) is 0 Å². The minimum absolute atomic E-state index is 0. The van der Waals surface area contributed by atoms with E-state index in [2.05, 4.69) is 4.90 Å². The molecule has 5 aliphatic rings. The maximum Gasteiger partial charge on any atom is 0.303 e. The molecule has 156 valence electrons. The van der Waals surface area contributed by atoms with E-state index in [4.69, 9.17) is 14.2 Å². The van der Waals surface area contributed by atoms with Gasteiger partial charge >= 0.3 is 5.97 Å². The van der Waals surface area contributed by atoms with Gasteiger partial charge in [-0.2, -0.15) is 0 Å². The second-order valence-electron chi connectivity index (χ2n) is 9.39. The summed E-state index contributed by atoms with van der Waals surface area (Å²) in [7, 11) is 0.